The summed E-state index contributed by atoms with van der Waals surface area (Å²) >= 11 is 5.23. The maximum atomic E-state index is 5.32. The number of hydrazone groups is 1. The molecule has 0 saturated carbocycles. The molecule has 3 aromatic rings. The highest BCUT2D eigenvalue weighted by Crippen LogP contribution is 2.31. The Hall–Kier alpha value is -3.13. The summed E-state index contributed by atoms with van der Waals surface area (Å²) in [4.78, 5) is 0. The predicted octanol–water partition coefficient (Wildman–Crippen LogP) is 2.61. The van der Waals surface area contributed by atoms with Crippen molar-refractivity contribution in [2.24, 2.45) is 5.10 Å². The topological polar surface area (TPSA) is 83.6 Å². The lowest BCUT2D eigenvalue weighted by Crippen LogP contribution is -2.23. The zero-order valence-corrected chi connectivity index (χ0v) is 13.3. The number of fused-ring (bicyclic) bond motifs is 2. The van der Waals surface area contributed by atoms with E-state index in [2.05, 4.69) is 26.0 Å². The third-order valence-electron chi connectivity index (χ3n) is 3.48. The quantitative estimate of drug-likeness (QED) is 0.386. The maximum Gasteiger partial charge on any atom is 0.231 e. The van der Waals surface area contributed by atoms with Gasteiger partial charge in [-0.15, -0.1) is 0 Å². The normalized spacial score (nSPS) is 12.7. The Bertz CT molecular complexity index is 937. The minimum absolute atomic E-state index is 0.253. The fourth-order valence-corrected chi connectivity index (χ4v) is 2.50. The molecule has 0 amide bonds. The highest BCUT2D eigenvalue weighted by Gasteiger charge is 2.12. The molecular formula is C16H13N5O2S. The molecule has 0 aliphatic carbocycles. The second-order valence-corrected chi connectivity index (χ2v) is 5.52. The second-order valence-electron chi connectivity index (χ2n) is 5.11. The number of aromatic nitrogens is 2. The highest BCUT2D eigenvalue weighted by molar-refractivity contribution is 7.80. The molecule has 8 heteroatoms. The van der Waals surface area contributed by atoms with Crippen LogP contribution in [0, 0.1) is 0 Å². The maximum absolute atomic E-state index is 5.32. The zero-order valence-electron chi connectivity index (χ0n) is 12.4. The van der Waals surface area contributed by atoms with E-state index >= 15 is 0 Å². The first kappa shape index (κ1) is 14.5. The van der Waals surface area contributed by atoms with E-state index in [-0.39, 0.29) is 6.79 Å². The molecular weight excluding hydrogens is 326 g/mol. The number of anilines is 1. The Balaban J connectivity index is 1.37. The van der Waals surface area contributed by atoms with Crippen molar-refractivity contribution in [3.8, 4) is 11.5 Å². The van der Waals surface area contributed by atoms with E-state index in [1.54, 1.807) is 12.4 Å². The third kappa shape index (κ3) is 2.99. The SMILES string of the molecule is S=C(NN=Cc1ccc2c(c1)OCO2)Nc1ccc2cn[nH]c2c1. The number of H-pyrrole nitrogens is 1. The molecule has 0 unspecified atom stereocenters. The van der Waals surface area contributed by atoms with Gasteiger partial charge in [-0.1, -0.05) is 0 Å². The molecule has 0 bridgehead atoms. The molecule has 1 aliphatic heterocycles. The first-order valence-electron chi connectivity index (χ1n) is 7.21. The fraction of sp³-hybridized carbons (Fsp3) is 0.0625. The number of benzene rings is 2. The molecule has 0 saturated heterocycles. The Kier molecular flexibility index (Phi) is 3.72. The average Bonchev–Trinajstić information content (AvgIpc) is 3.22. The summed E-state index contributed by atoms with van der Waals surface area (Å²) in [6, 6.07) is 11.4. The van der Waals surface area contributed by atoms with Gasteiger partial charge < -0.3 is 14.8 Å². The average molecular weight is 339 g/mol. The van der Waals surface area contributed by atoms with Gasteiger partial charge in [0.15, 0.2) is 16.6 Å². The summed E-state index contributed by atoms with van der Waals surface area (Å²) in [5.41, 5.74) is 5.45. The molecule has 1 aliphatic rings. The van der Waals surface area contributed by atoms with E-state index in [0.29, 0.717) is 10.9 Å². The van der Waals surface area contributed by atoms with Crippen molar-refractivity contribution in [2.45, 2.75) is 0 Å². The van der Waals surface area contributed by atoms with Gasteiger partial charge in [0.25, 0.3) is 0 Å². The number of hydrogen-bond acceptors (Lipinski definition) is 5. The first-order chi connectivity index (χ1) is 11.8. The molecule has 7 nitrogen and oxygen atoms in total. The van der Waals surface area contributed by atoms with Gasteiger partial charge in [-0.2, -0.15) is 10.2 Å². The molecule has 0 radical (unpaired) electrons. The Morgan fingerprint density at radius 2 is 2.12 bits per heavy atom. The van der Waals surface area contributed by atoms with Crippen LogP contribution in [0.2, 0.25) is 0 Å². The fourth-order valence-electron chi connectivity index (χ4n) is 2.33. The third-order valence-corrected chi connectivity index (χ3v) is 3.67. The van der Waals surface area contributed by atoms with Crippen LogP contribution < -0.4 is 20.2 Å². The van der Waals surface area contributed by atoms with Crippen molar-refractivity contribution < 1.29 is 9.47 Å². The molecule has 120 valence electrons. The van der Waals surface area contributed by atoms with Crippen LogP contribution in [-0.2, 0) is 0 Å². The number of nitrogens with one attached hydrogen (secondary N) is 3. The van der Waals surface area contributed by atoms with Gasteiger partial charge in [-0.3, -0.25) is 10.5 Å². The summed E-state index contributed by atoms with van der Waals surface area (Å²) in [5, 5.41) is 15.5. The van der Waals surface area contributed by atoms with E-state index in [9.17, 15) is 0 Å². The van der Waals surface area contributed by atoms with Crippen LogP contribution in [0.25, 0.3) is 10.9 Å². The Labute approximate surface area is 142 Å². The van der Waals surface area contributed by atoms with Gasteiger partial charge in [-0.25, -0.2) is 0 Å². The van der Waals surface area contributed by atoms with E-state index in [1.807, 2.05) is 36.4 Å². The van der Waals surface area contributed by atoms with Crippen LogP contribution in [0.1, 0.15) is 5.56 Å². The van der Waals surface area contributed by atoms with Crippen molar-refractivity contribution in [2.75, 3.05) is 12.1 Å². The van der Waals surface area contributed by atoms with Crippen molar-refractivity contribution in [3.05, 3.63) is 48.2 Å². The van der Waals surface area contributed by atoms with Crippen LogP contribution in [0.5, 0.6) is 11.5 Å². The molecule has 0 fully saturated rings. The van der Waals surface area contributed by atoms with Gasteiger partial charge in [0, 0.05) is 11.1 Å². The highest BCUT2D eigenvalue weighted by atomic mass is 32.1. The zero-order chi connectivity index (χ0) is 16.4. The number of hydrogen-bond donors (Lipinski definition) is 3. The minimum Gasteiger partial charge on any atom is -0.454 e. The lowest BCUT2D eigenvalue weighted by atomic mass is 10.2. The number of nitrogens with zero attached hydrogens (tertiary/aromatic N) is 2. The van der Waals surface area contributed by atoms with Gasteiger partial charge in [-0.05, 0) is 54.2 Å². The summed E-state index contributed by atoms with van der Waals surface area (Å²) in [6.45, 7) is 0.253. The van der Waals surface area contributed by atoms with Gasteiger partial charge >= 0.3 is 0 Å². The van der Waals surface area contributed by atoms with Crippen molar-refractivity contribution >= 4 is 40.1 Å². The summed E-state index contributed by atoms with van der Waals surface area (Å²) in [7, 11) is 0. The first-order valence-corrected chi connectivity index (χ1v) is 7.62. The summed E-state index contributed by atoms with van der Waals surface area (Å²) in [5.74, 6) is 1.46. The number of aromatic amines is 1. The molecule has 2 heterocycles. The van der Waals surface area contributed by atoms with Crippen LogP contribution in [0.3, 0.4) is 0 Å². The molecule has 2 aromatic carbocycles. The van der Waals surface area contributed by atoms with Gasteiger partial charge in [0.2, 0.25) is 6.79 Å². The molecule has 3 N–H and O–H groups in total. The van der Waals surface area contributed by atoms with Crippen molar-refractivity contribution in [1.29, 1.82) is 0 Å². The van der Waals surface area contributed by atoms with Gasteiger partial charge in [0.05, 0.1) is 17.9 Å². The number of thiocarbonyl (C=S) groups is 1. The molecule has 4 rings (SSSR count). The van der Waals surface area contributed by atoms with Crippen LogP contribution >= 0.6 is 12.2 Å². The summed E-state index contributed by atoms with van der Waals surface area (Å²) < 4.78 is 10.6. The van der Waals surface area contributed by atoms with Gasteiger partial charge in [0.1, 0.15) is 0 Å². The summed E-state index contributed by atoms with van der Waals surface area (Å²) in [6.07, 6.45) is 3.43. The van der Waals surface area contributed by atoms with Crippen LogP contribution in [-0.4, -0.2) is 28.3 Å². The van der Waals surface area contributed by atoms with Crippen molar-refractivity contribution in [1.82, 2.24) is 15.6 Å². The monoisotopic (exact) mass is 339 g/mol. The predicted molar refractivity (Wildman–Crippen MR) is 95.6 cm³/mol. The molecule has 24 heavy (non-hydrogen) atoms. The number of rotatable bonds is 3. The lowest BCUT2D eigenvalue weighted by Gasteiger charge is -2.06. The Morgan fingerprint density at radius 1 is 1.21 bits per heavy atom. The molecule has 0 atom stereocenters. The standard InChI is InChI=1S/C16H13N5O2S/c24-16(19-12-3-2-11-8-18-20-13(11)6-12)21-17-7-10-1-4-14-15(5-10)23-9-22-14/h1-8H,9H2,(H,18,20)(H2,19,21,24). The lowest BCUT2D eigenvalue weighted by molar-refractivity contribution is 0.174. The smallest absolute Gasteiger partial charge is 0.231 e. The Morgan fingerprint density at radius 3 is 3.08 bits per heavy atom. The van der Waals surface area contributed by atoms with Crippen LogP contribution in [0.4, 0.5) is 5.69 Å². The van der Waals surface area contributed by atoms with Crippen molar-refractivity contribution in [3.63, 3.8) is 0 Å². The van der Waals surface area contributed by atoms with E-state index < -0.39 is 0 Å². The minimum atomic E-state index is 0.253. The van der Waals surface area contributed by atoms with E-state index in [1.165, 1.54) is 0 Å². The molecule has 1 aromatic heterocycles. The van der Waals surface area contributed by atoms with Crippen LogP contribution in [0.15, 0.2) is 47.7 Å². The largest absolute Gasteiger partial charge is 0.454 e. The molecule has 0 spiro atoms. The van der Waals surface area contributed by atoms with E-state index in [0.717, 1.165) is 27.9 Å². The van der Waals surface area contributed by atoms with E-state index in [4.69, 9.17) is 21.7 Å². The number of ether oxygens (including phenoxy) is 2. The second kappa shape index (κ2) is 6.17.